The Morgan fingerprint density at radius 3 is 2.48 bits per heavy atom. The molecule has 1 saturated heterocycles. The fraction of sp³-hybridized carbons (Fsp3) is 0.353. The van der Waals surface area contributed by atoms with E-state index in [4.69, 9.17) is 0 Å². The second-order valence-electron chi connectivity index (χ2n) is 5.56. The zero-order valence-electron chi connectivity index (χ0n) is 13.0. The second kappa shape index (κ2) is 7.08. The normalized spacial score (nSPS) is 16.3. The van der Waals surface area contributed by atoms with Crippen LogP contribution in [0.5, 0.6) is 0 Å². The number of amides is 1. The number of carbonyl (C=O) groups excluding carboxylic acids is 1. The third kappa shape index (κ3) is 3.69. The van der Waals surface area contributed by atoms with E-state index in [1.165, 1.54) is 0 Å². The summed E-state index contributed by atoms with van der Waals surface area (Å²) in [6.45, 7) is 4.89. The number of piperazine rings is 1. The summed E-state index contributed by atoms with van der Waals surface area (Å²) in [5, 5.41) is 0. The van der Waals surface area contributed by atoms with Gasteiger partial charge in [-0.15, -0.1) is 0 Å². The van der Waals surface area contributed by atoms with Gasteiger partial charge in [-0.3, -0.25) is 4.79 Å². The minimum absolute atomic E-state index is 0.127. The van der Waals surface area contributed by atoms with Crippen LogP contribution in [0.1, 0.15) is 6.92 Å². The molecule has 1 amide bonds. The molecule has 0 aliphatic carbocycles. The van der Waals surface area contributed by atoms with Gasteiger partial charge in [0.15, 0.2) is 0 Å². The molecule has 6 heteroatoms. The predicted octanol–water partition coefficient (Wildman–Crippen LogP) is 2.58. The molecule has 1 aromatic carbocycles. The van der Waals surface area contributed by atoms with Crippen molar-refractivity contribution >= 4 is 27.7 Å². The number of hydrogen-bond donors (Lipinski definition) is 0. The lowest BCUT2D eigenvalue weighted by Gasteiger charge is -2.36. The smallest absolute Gasteiger partial charge is 0.236 e. The van der Waals surface area contributed by atoms with Crippen LogP contribution in [-0.4, -0.2) is 51.8 Å². The van der Waals surface area contributed by atoms with Crippen molar-refractivity contribution in [3.63, 3.8) is 0 Å². The summed E-state index contributed by atoms with van der Waals surface area (Å²) in [5.41, 5.74) is 2.00. The second-order valence-corrected chi connectivity index (χ2v) is 6.93. The van der Waals surface area contributed by atoms with Gasteiger partial charge in [-0.2, -0.15) is 0 Å². The number of halogens is 1. The summed E-state index contributed by atoms with van der Waals surface area (Å²) in [6.07, 6.45) is 1.61. The van der Waals surface area contributed by atoms with Gasteiger partial charge in [0.25, 0.3) is 0 Å². The van der Waals surface area contributed by atoms with Crippen molar-refractivity contribution in [3.05, 3.63) is 42.7 Å². The molecule has 3 rings (SSSR count). The molecule has 1 atom stereocenters. The number of nitrogens with zero attached hydrogens (tertiary/aromatic N) is 4. The van der Waals surface area contributed by atoms with Crippen LogP contribution in [0, 0.1) is 0 Å². The summed E-state index contributed by atoms with van der Waals surface area (Å²) in [5.74, 6) is 1.06. The highest BCUT2D eigenvalue weighted by atomic mass is 79.9. The number of benzene rings is 1. The first-order valence-corrected chi connectivity index (χ1v) is 8.62. The van der Waals surface area contributed by atoms with Crippen LogP contribution in [0.3, 0.4) is 0 Å². The summed E-state index contributed by atoms with van der Waals surface area (Å²) in [7, 11) is 0. The molecule has 1 unspecified atom stereocenters. The Labute approximate surface area is 144 Å². The van der Waals surface area contributed by atoms with Crippen molar-refractivity contribution in [1.82, 2.24) is 14.9 Å². The van der Waals surface area contributed by atoms with Crippen LogP contribution in [0.25, 0.3) is 11.3 Å². The Hall–Kier alpha value is -1.95. The molecule has 2 aromatic rings. The fourth-order valence-corrected chi connectivity index (χ4v) is 2.98. The maximum absolute atomic E-state index is 12.0. The average molecular weight is 375 g/mol. The molecule has 1 aliphatic rings. The lowest BCUT2D eigenvalue weighted by molar-refractivity contribution is -0.130. The van der Waals surface area contributed by atoms with Crippen molar-refractivity contribution < 1.29 is 4.79 Å². The molecule has 1 aliphatic heterocycles. The lowest BCUT2D eigenvalue weighted by atomic mass is 10.1. The minimum Gasteiger partial charge on any atom is -0.353 e. The van der Waals surface area contributed by atoms with Gasteiger partial charge in [0.2, 0.25) is 5.91 Å². The van der Waals surface area contributed by atoms with Gasteiger partial charge in [0.1, 0.15) is 12.1 Å². The topological polar surface area (TPSA) is 49.3 Å². The summed E-state index contributed by atoms with van der Waals surface area (Å²) >= 11 is 3.35. The van der Waals surface area contributed by atoms with Crippen LogP contribution in [0.4, 0.5) is 5.82 Å². The molecule has 120 valence electrons. The van der Waals surface area contributed by atoms with Crippen LogP contribution < -0.4 is 4.90 Å². The molecular formula is C17H19BrN4O. The Morgan fingerprint density at radius 2 is 1.83 bits per heavy atom. The minimum atomic E-state index is -0.127. The standard InChI is InChI=1S/C17H19BrN4O/c1-13(18)17(23)22-9-7-21(8-10-22)16-11-15(19-12-20-16)14-5-3-2-4-6-14/h2-6,11-13H,7-10H2,1H3. The maximum Gasteiger partial charge on any atom is 0.236 e. The van der Waals surface area contributed by atoms with Crippen LogP contribution in [0.2, 0.25) is 0 Å². The molecule has 0 radical (unpaired) electrons. The summed E-state index contributed by atoms with van der Waals surface area (Å²) < 4.78 is 0. The lowest BCUT2D eigenvalue weighted by Crippen LogP contribution is -2.50. The quantitative estimate of drug-likeness (QED) is 0.774. The Bertz CT molecular complexity index is 669. The number of hydrogen-bond acceptors (Lipinski definition) is 4. The molecule has 0 spiro atoms. The molecular weight excluding hydrogens is 356 g/mol. The van der Waals surface area contributed by atoms with Gasteiger partial charge in [-0.1, -0.05) is 46.3 Å². The van der Waals surface area contributed by atoms with Crippen molar-refractivity contribution in [2.75, 3.05) is 31.1 Å². The molecule has 1 aromatic heterocycles. The first kappa shape index (κ1) is 15.9. The number of carbonyl (C=O) groups is 1. The van der Waals surface area contributed by atoms with E-state index in [-0.39, 0.29) is 10.7 Å². The zero-order valence-corrected chi connectivity index (χ0v) is 14.6. The van der Waals surface area contributed by atoms with Crippen molar-refractivity contribution in [2.45, 2.75) is 11.8 Å². The number of aromatic nitrogens is 2. The molecule has 5 nitrogen and oxygen atoms in total. The van der Waals surface area contributed by atoms with Crippen molar-refractivity contribution in [3.8, 4) is 11.3 Å². The van der Waals surface area contributed by atoms with Gasteiger partial charge >= 0.3 is 0 Å². The predicted molar refractivity (Wildman–Crippen MR) is 94.7 cm³/mol. The monoisotopic (exact) mass is 374 g/mol. The number of rotatable bonds is 3. The van der Waals surface area contributed by atoms with E-state index >= 15 is 0 Å². The van der Waals surface area contributed by atoms with Crippen LogP contribution >= 0.6 is 15.9 Å². The molecule has 23 heavy (non-hydrogen) atoms. The Balaban J connectivity index is 1.71. The zero-order chi connectivity index (χ0) is 16.2. The fourth-order valence-electron chi connectivity index (χ4n) is 2.69. The van der Waals surface area contributed by atoms with Crippen molar-refractivity contribution in [2.24, 2.45) is 0 Å². The SMILES string of the molecule is CC(Br)C(=O)N1CCN(c2cc(-c3ccccc3)ncn2)CC1. The summed E-state index contributed by atoms with van der Waals surface area (Å²) in [6, 6.07) is 12.1. The van der Waals surface area contributed by atoms with E-state index in [0.29, 0.717) is 0 Å². The Kier molecular flexibility index (Phi) is 4.91. The molecule has 2 heterocycles. The summed E-state index contributed by atoms with van der Waals surface area (Å²) in [4.78, 5) is 24.7. The van der Waals surface area contributed by atoms with E-state index in [0.717, 1.165) is 43.3 Å². The van der Waals surface area contributed by atoms with Gasteiger partial charge in [-0.25, -0.2) is 9.97 Å². The van der Waals surface area contributed by atoms with Gasteiger partial charge in [0, 0.05) is 37.8 Å². The maximum atomic E-state index is 12.0. The average Bonchev–Trinajstić information content (AvgIpc) is 2.62. The largest absolute Gasteiger partial charge is 0.353 e. The van der Waals surface area contributed by atoms with Crippen molar-refractivity contribution in [1.29, 1.82) is 0 Å². The van der Waals surface area contributed by atoms with E-state index in [1.54, 1.807) is 6.33 Å². The van der Waals surface area contributed by atoms with Crippen LogP contribution in [0.15, 0.2) is 42.7 Å². The molecule has 0 saturated carbocycles. The van der Waals surface area contributed by atoms with E-state index < -0.39 is 0 Å². The first-order valence-electron chi connectivity index (χ1n) is 7.70. The van der Waals surface area contributed by atoms with Crippen LogP contribution in [-0.2, 0) is 4.79 Å². The third-order valence-corrected chi connectivity index (χ3v) is 4.37. The highest BCUT2D eigenvalue weighted by Crippen LogP contribution is 2.21. The van der Waals surface area contributed by atoms with E-state index in [2.05, 4.69) is 30.8 Å². The van der Waals surface area contributed by atoms with E-state index in [1.807, 2.05) is 48.2 Å². The first-order chi connectivity index (χ1) is 11.1. The van der Waals surface area contributed by atoms with E-state index in [9.17, 15) is 4.79 Å². The van der Waals surface area contributed by atoms with Gasteiger partial charge in [0.05, 0.1) is 10.5 Å². The molecule has 1 fully saturated rings. The Morgan fingerprint density at radius 1 is 1.13 bits per heavy atom. The van der Waals surface area contributed by atoms with Gasteiger partial charge < -0.3 is 9.80 Å². The molecule has 0 N–H and O–H groups in total. The molecule has 0 bridgehead atoms. The number of anilines is 1. The highest BCUT2D eigenvalue weighted by Gasteiger charge is 2.24. The van der Waals surface area contributed by atoms with Gasteiger partial charge in [-0.05, 0) is 6.92 Å². The third-order valence-electron chi connectivity index (χ3n) is 3.98. The number of alkyl halides is 1. The highest BCUT2D eigenvalue weighted by molar-refractivity contribution is 9.10.